The zero-order valence-corrected chi connectivity index (χ0v) is 34.6. The summed E-state index contributed by atoms with van der Waals surface area (Å²) in [5, 5.41) is 18.3. The van der Waals surface area contributed by atoms with Crippen LogP contribution in [0.2, 0.25) is 0 Å². The number of carboxylic acid groups (broad SMARTS) is 1. The molecule has 59 heavy (non-hydrogen) atoms. The van der Waals surface area contributed by atoms with Crippen LogP contribution in [-0.2, 0) is 9.47 Å². The molecular weight excluding hydrogens is 751 g/mol. The first-order valence-corrected chi connectivity index (χ1v) is 19.0. The summed E-state index contributed by atoms with van der Waals surface area (Å²) < 4.78 is 10.7. The van der Waals surface area contributed by atoms with Crippen molar-refractivity contribution in [1.29, 1.82) is 0 Å². The van der Waals surface area contributed by atoms with Crippen LogP contribution in [0.25, 0.3) is 44.3 Å². The first kappa shape index (κ1) is 43.2. The molecule has 2 unspecified atom stereocenters. The number of hydrogen-bond acceptors (Lipinski definition) is 10. The predicted molar refractivity (Wildman–Crippen MR) is 226 cm³/mol. The van der Waals surface area contributed by atoms with Crippen LogP contribution in [0.3, 0.4) is 0 Å². The number of nitrogens with zero attached hydrogens (tertiary/aromatic N) is 4. The van der Waals surface area contributed by atoms with E-state index in [4.69, 9.17) is 14.5 Å². The molecule has 0 spiro atoms. The van der Waals surface area contributed by atoms with Crippen molar-refractivity contribution in [1.82, 2.24) is 35.9 Å². The number of carbonyl (C=O) groups excluding carboxylic acids is 3. The summed E-state index contributed by atoms with van der Waals surface area (Å²) in [7, 11) is 1.58. The molecule has 4 aromatic heterocycles. The second-order valence-corrected chi connectivity index (χ2v) is 15.6. The predicted octanol–water partition coefficient (Wildman–Crippen LogP) is 8.82. The normalized spacial score (nSPS) is 12.4. The Hall–Kier alpha value is -6.96. The average molecular weight is 800 g/mol. The quantitative estimate of drug-likeness (QED) is 0.115. The van der Waals surface area contributed by atoms with Crippen LogP contribution < -0.4 is 16.0 Å². The van der Waals surface area contributed by atoms with E-state index in [0.29, 0.717) is 55.7 Å². The number of aromatic nitrogens is 4. The molecule has 0 aliphatic rings. The van der Waals surface area contributed by atoms with Crippen molar-refractivity contribution in [2.45, 2.75) is 78.7 Å². The molecule has 2 atom stereocenters. The molecule has 0 aliphatic heterocycles. The molecule has 4 heterocycles. The number of pyridine rings is 4. The van der Waals surface area contributed by atoms with Gasteiger partial charge in [0.2, 0.25) is 0 Å². The summed E-state index contributed by atoms with van der Waals surface area (Å²) in [6.07, 6.45) is 2.01. The van der Waals surface area contributed by atoms with Crippen molar-refractivity contribution in [2.75, 3.05) is 7.05 Å². The lowest BCUT2D eigenvalue weighted by Gasteiger charge is -2.24. The minimum atomic E-state index is -1.11. The Morgan fingerprint density at radius 1 is 0.593 bits per heavy atom. The molecule has 2 aromatic carbocycles. The molecule has 0 fully saturated rings. The number of amides is 3. The van der Waals surface area contributed by atoms with Crippen LogP contribution in [0, 0.1) is 0 Å². The Balaban J connectivity index is 0.000000224. The smallest absolute Gasteiger partial charge is 0.408 e. The highest BCUT2D eigenvalue weighted by atomic mass is 16.6. The van der Waals surface area contributed by atoms with E-state index in [9.17, 15) is 24.3 Å². The van der Waals surface area contributed by atoms with Crippen LogP contribution >= 0.6 is 0 Å². The number of alkyl carbamates (subject to hydrolysis) is 2. The molecule has 306 valence electrons. The van der Waals surface area contributed by atoms with Crippen LogP contribution in [0.1, 0.15) is 99.6 Å². The minimum Gasteiger partial charge on any atom is -0.478 e. The summed E-state index contributed by atoms with van der Waals surface area (Å²) in [5.74, 6) is -1.38. The number of hydrogen-bond donors (Lipinski definition) is 4. The van der Waals surface area contributed by atoms with Gasteiger partial charge in [0.1, 0.15) is 22.2 Å². The first-order valence-electron chi connectivity index (χ1n) is 19.0. The van der Waals surface area contributed by atoms with E-state index in [-0.39, 0.29) is 11.5 Å². The zero-order valence-electron chi connectivity index (χ0n) is 34.6. The van der Waals surface area contributed by atoms with Gasteiger partial charge in [-0.25, -0.2) is 24.4 Å². The number of carbonyl (C=O) groups is 4. The lowest BCUT2D eigenvalue weighted by molar-refractivity contribution is 0.0495. The molecule has 14 heteroatoms. The Kier molecular flexibility index (Phi) is 13.2. The lowest BCUT2D eigenvalue weighted by Crippen LogP contribution is -2.34. The summed E-state index contributed by atoms with van der Waals surface area (Å²) in [5.41, 5.74) is 4.54. The SMILES string of the molecule is CC(NC(=O)OC(C)(C)C)c1nc2cccnc2c(C(=O)O)c1-c1ccccc1.CNC(=O)c1c(-c2ccccc2)c(C(C)NC(=O)OC(C)(C)C)nc2cccnc12. The second-order valence-electron chi connectivity index (χ2n) is 15.6. The van der Waals surface area contributed by atoms with E-state index in [1.807, 2.05) is 67.6 Å². The topological polar surface area (TPSA) is 195 Å². The first-order chi connectivity index (χ1) is 27.9. The molecule has 0 aliphatic carbocycles. The molecule has 0 saturated carbocycles. The molecule has 4 N–H and O–H groups in total. The van der Waals surface area contributed by atoms with Crippen LogP contribution in [0.15, 0.2) is 97.3 Å². The van der Waals surface area contributed by atoms with Crippen LogP contribution in [0.5, 0.6) is 0 Å². The summed E-state index contributed by atoms with van der Waals surface area (Å²) in [4.78, 5) is 67.9. The average Bonchev–Trinajstić information content (AvgIpc) is 3.18. The van der Waals surface area contributed by atoms with Crippen LogP contribution in [0.4, 0.5) is 9.59 Å². The number of carboxylic acids is 1. The van der Waals surface area contributed by atoms with E-state index < -0.39 is 41.4 Å². The maximum absolute atomic E-state index is 12.9. The molecule has 6 rings (SSSR count). The number of fused-ring (bicyclic) bond motifs is 2. The van der Waals surface area contributed by atoms with Gasteiger partial charge < -0.3 is 30.5 Å². The number of rotatable bonds is 8. The molecule has 0 bridgehead atoms. The third-order valence-corrected chi connectivity index (χ3v) is 8.62. The third kappa shape index (κ3) is 10.7. The van der Waals surface area contributed by atoms with Crippen molar-refractivity contribution in [3.05, 3.63) is 120 Å². The fourth-order valence-corrected chi connectivity index (χ4v) is 6.30. The van der Waals surface area contributed by atoms with E-state index >= 15 is 0 Å². The number of benzene rings is 2. The van der Waals surface area contributed by atoms with Gasteiger partial charge in [-0.2, -0.15) is 0 Å². The maximum atomic E-state index is 12.9. The van der Waals surface area contributed by atoms with Gasteiger partial charge in [0, 0.05) is 30.6 Å². The van der Waals surface area contributed by atoms with Crippen molar-refractivity contribution < 1.29 is 33.8 Å². The Morgan fingerprint density at radius 3 is 1.36 bits per heavy atom. The number of nitrogens with one attached hydrogen (secondary N) is 3. The lowest BCUT2D eigenvalue weighted by atomic mass is 9.93. The van der Waals surface area contributed by atoms with Gasteiger partial charge in [-0.3, -0.25) is 14.8 Å². The van der Waals surface area contributed by atoms with E-state index in [1.54, 1.807) is 86.0 Å². The zero-order chi connectivity index (χ0) is 43.1. The summed E-state index contributed by atoms with van der Waals surface area (Å²) >= 11 is 0. The van der Waals surface area contributed by atoms with Gasteiger partial charge in [0.15, 0.2) is 0 Å². The van der Waals surface area contributed by atoms with E-state index in [1.165, 1.54) is 6.20 Å². The number of ether oxygens (including phenoxy) is 2. The number of aromatic carboxylic acids is 1. The molecule has 14 nitrogen and oxygen atoms in total. The molecule has 0 radical (unpaired) electrons. The van der Waals surface area contributed by atoms with Gasteiger partial charge in [0.25, 0.3) is 5.91 Å². The summed E-state index contributed by atoms with van der Waals surface area (Å²) in [6, 6.07) is 24.4. The van der Waals surface area contributed by atoms with Crippen molar-refractivity contribution >= 4 is 46.1 Å². The summed E-state index contributed by atoms with van der Waals surface area (Å²) in [6.45, 7) is 14.3. The Bertz CT molecular complexity index is 2480. The Labute approximate surface area is 342 Å². The van der Waals surface area contributed by atoms with Gasteiger partial charge in [-0.1, -0.05) is 60.7 Å². The maximum Gasteiger partial charge on any atom is 0.408 e. The molecule has 0 saturated heterocycles. The third-order valence-electron chi connectivity index (χ3n) is 8.62. The van der Waals surface area contributed by atoms with Crippen molar-refractivity contribution in [2.24, 2.45) is 0 Å². The second kappa shape index (κ2) is 18.1. The highest BCUT2D eigenvalue weighted by molar-refractivity contribution is 6.11. The van der Waals surface area contributed by atoms with Gasteiger partial charge in [-0.15, -0.1) is 0 Å². The fraction of sp³-hybridized carbons (Fsp3) is 0.289. The Morgan fingerprint density at radius 2 is 0.983 bits per heavy atom. The van der Waals surface area contributed by atoms with Crippen LogP contribution in [-0.4, -0.2) is 67.4 Å². The van der Waals surface area contributed by atoms with Gasteiger partial charge >= 0.3 is 18.2 Å². The highest BCUT2D eigenvalue weighted by Crippen LogP contribution is 2.36. The largest absolute Gasteiger partial charge is 0.478 e. The molecule has 6 aromatic rings. The standard InChI is InChI=1S/C23H26N4O3.C22H23N3O4/c1-14(26-22(29)30-23(2,3)4)19-17(15-10-7-6-8-11-15)18(21(28)24-5)20-16(27-19)12-9-13-25-20;1-13(24-21(28)29-22(2,3)4)18-16(14-9-6-5-7-10-14)17(20(26)27)19-15(25-18)11-8-12-23-19/h6-14H,1-5H3,(H,24,28)(H,26,29);5-13H,1-4H3,(H,24,28)(H,26,27). The van der Waals surface area contributed by atoms with E-state index in [0.717, 1.165) is 5.56 Å². The van der Waals surface area contributed by atoms with Gasteiger partial charge in [0.05, 0.1) is 45.6 Å². The fourth-order valence-electron chi connectivity index (χ4n) is 6.30. The molecule has 3 amide bonds. The van der Waals surface area contributed by atoms with E-state index in [2.05, 4.69) is 30.9 Å². The monoisotopic (exact) mass is 799 g/mol. The van der Waals surface area contributed by atoms with Gasteiger partial charge in [-0.05, 0) is 90.8 Å². The van der Waals surface area contributed by atoms with Crippen molar-refractivity contribution in [3.8, 4) is 22.3 Å². The molecular formula is C45H49N7O7. The highest BCUT2D eigenvalue weighted by Gasteiger charge is 2.29. The minimum absolute atomic E-state index is 0.0506. The van der Waals surface area contributed by atoms with Crippen molar-refractivity contribution in [3.63, 3.8) is 0 Å².